The lowest BCUT2D eigenvalue weighted by Gasteiger charge is -2.31. The highest BCUT2D eigenvalue weighted by atomic mass is 79.9. The van der Waals surface area contributed by atoms with Crippen molar-refractivity contribution in [2.75, 3.05) is 13.7 Å². The van der Waals surface area contributed by atoms with Crippen molar-refractivity contribution in [2.24, 2.45) is 0 Å². The first-order valence-electron chi connectivity index (χ1n) is 11.4. The van der Waals surface area contributed by atoms with Crippen molar-refractivity contribution in [3.63, 3.8) is 0 Å². The molecule has 1 N–H and O–H groups in total. The van der Waals surface area contributed by atoms with Gasteiger partial charge in [0.15, 0.2) is 6.61 Å². The minimum atomic E-state index is -0.671. The van der Waals surface area contributed by atoms with Gasteiger partial charge in [-0.2, -0.15) is 0 Å². The molecule has 0 spiro atoms. The van der Waals surface area contributed by atoms with Crippen LogP contribution < -0.4 is 10.1 Å². The molecule has 0 aliphatic rings. The quantitative estimate of drug-likeness (QED) is 0.391. The number of ether oxygens (including phenoxy) is 1. The van der Waals surface area contributed by atoms with Crippen molar-refractivity contribution < 1.29 is 14.3 Å². The molecule has 0 aromatic heterocycles. The summed E-state index contributed by atoms with van der Waals surface area (Å²) in [6.45, 7) is 4.38. The highest BCUT2D eigenvalue weighted by Gasteiger charge is 2.30. The van der Waals surface area contributed by atoms with E-state index in [4.69, 9.17) is 4.74 Å². The maximum absolute atomic E-state index is 13.5. The maximum Gasteiger partial charge on any atom is 0.261 e. The van der Waals surface area contributed by atoms with Crippen LogP contribution >= 0.6 is 15.9 Å². The number of likely N-dealkylation sites (N-methyl/N-ethyl adjacent to an activating group) is 1. The third kappa shape index (κ3) is 6.94. The van der Waals surface area contributed by atoms with E-state index in [1.807, 2.05) is 78.9 Å². The van der Waals surface area contributed by atoms with E-state index in [1.54, 1.807) is 11.9 Å². The zero-order valence-electron chi connectivity index (χ0n) is 19.8. The minimum absolute atomic E-state index is 0.172. The van der Waals surface area contributed by atoms with Crippen molar-refractivity contribution in [2.45, 2.75) is 38.8 Å². The molecule has 3 aromatic rings. The van der Waals surface area contributed by atoms with E-state index in [0.29, 0.717) is 24.6 Å². The van der Waals surface area contributed by atoms with Gasteiger partial charge in [-0.25, -0.2) is 0 Å². The molecule has 0 bridgehead atoms. The van der Waals surface area contributed by atoms with Gasteiger partial charge in [0, 0.05) is 20.0 Å². The van der Waals surface area contributed by atoms with Crippen LogP contribution in [0.5, 0.6) is 5.75 Å². The molecule has 3 aromatic carbocycles. The van der Waals surface area contributed by atoms with Crippen molar-refractivity contribution >= 4 is 27.7 Å². The lowest BCUT2D eigenvalue weighted by molar-refractivity contribution is -0.142. The fourth-order valence-corrected chi connectivity index (χ4v) is 4.23. The van der Waals surface area contributed by atoms with Crippen LogP contribution in [0.2, 0.25) is 0 Å². The van der Waals surface area contributed by atoms with Gasteiger partial charge in [0.25, 0.3) is 5.91 Å². The third-order valence-corrected chi connectivity index (χ3v) is 6.31. The molecule has 0 aliphatic heterocycles. The Labute approximate surface area is 210 Å². The second-order valence-electron chi connectivity index (χ2n) is 8.46. The molecule has 0 radical (unpaired) electrons. The number of carbonyl (C=O) groups excluding carboxylic acids is 2. The van der Waals surface area contributed by atoms with Gasteiger partial charge in [-0.15, -0.1) is 0 Å². The summed E-state index contributed by atoms with van der Waals surface area (Å²) in [5, 5.41) is 2.72. The van der Waals surface area contributed by atoms with Crippen molar-refractivity contribution in [3.05, 3.63) is 100 Å². The van der Waals surface area contributed by atoms with Crippen LogP contribution in [0.15, 0.2) is 83.3 Å². The van der Waals surface area contributed by atoms with Crippen LogP contribution in [0.1, 0.15) is 36.5 Å². The Morgan fingerprint density at radius 3 is 2.12 bits per heavy atom. The summed E-state index contributed by atoms with van der Waals surface area (Å²) in [5.74, 6) is 0.514. The molecule has 2 amide bonds. The van der Waals surface area contributed by atoms with Gasteiger partial charge in [-0.1, -0.05) is 80.6 Å². The zero-order valence-corrected chi connectivity index (χ0v) is 21.4. The highest BCUT2D eigenvalue weighted by Crippen LogP contribution is 2.29. The van der Waals surface area contributed by atoms with Crippen molar-refractivity contribution in [3.8, 4) is 5.75 Å². The Morgan fingerprint density at radius 1 is 0.941 bits per heavy atom. The molecule has 0 aliphatic carbocycles. The van der Waals surface area contributed by atoms with E-state index in [-0.39, 0.29) is 18.4 Å². The summed E-state index contributed by atoms with van der Waals surface area (Å²) < 4.78 is 6.70. The predicted octanol–water partition coefficient (Wildman–Crippen LogP) is 5.34. The van der Waals surface area contributed by atoms with Crippen LogP contribution in [0.4, 0.5) is 0 Å². The largest absolute Gasteiger partial charge is 0.483 e. The van der Waals surface area contributed by atoms with Gasteiger partial charge >= 0.3 is 0 Å². The number of hydrogen-bond acceptors (Lipinski definition) is 3. The number of rotatable bonds is 10. The van der Waals surface area contributed by atoms with E-state index in [2.05, 4.69) is 35.1 Å². The fourth-order valence-electron chi connectivity index (χ4n) is 3.72. The van der Waals surface area contributed by atoms with Gasteiger partial charge in [0.1, 0.15) is 11.8 Å². The van der Waals surface area contributed by atoms with Gasteiger partial charge < -0.3 is 15.0 Å². The second-order valence-corrected chi connectivity index (χ2v) is 9.31. The second kappa shape index (κ2) is 12.4. The van der Waals surface area contributed by atoms with Gasteiger partial charge in [0.05, 0.1) is 4.47 Å². The molecule has 0 saturated heterocycles. The summed E-state index contributed by atoms with van der Waals surface area (Å²) >= 11 is 3.55. The van der Waals surface area contributed by atoms with Gasteiger partial charge in [0.2, 0.25) is 5.91 Å². The topological polar surface area (TPSA) is 58.6 Å². The molecule has 5 nitrogen and oxygen atoms in total. The SMILES string of the molecule is CNC(=O)C(Cc1ccccc1)N(Cc1ccccc1)C(=O)COc1ccc(C(C)C)cc1Br. The number of benzene rings is 3. The summed E-state index contributed by atoms with van der Waals surface area (Å²) in [6, 6.07) is 24.6. The number of nitrogens with one attached hydrogen (secondary N) is 1. The van der Waals surface area contributed by atoms with Gasteiger partial charge in [-0.05, 0) is 50.7 Å². The average Bonchev–Trinajstić information content (AvgIpc) is 2.85. The molecular formula is C28H31BrN2O3. The third-order valence-electron chi connectivity index (χ3n) is 5.69. The molecule has 178 valence electrons. The van der Waals surface area contributed by atoms with E-state index in [9.17, 15) is 9.59 Å². The summed E-state index contributed by atoms with van der Waals surface area (Å²) in [6.07, 6.45) is 0.409. The Morgan fingerprint density at radius 2 is 1.56 bits per heavy atom. The smallest absolute Gasteiger partial charge is 0.261 e. The highest BCUT2D eigenvalue weighted by molar-refractivity contribution is 9.10. The molecule has 1 atom stereocenters. The lowest BCUT2D eigenvalue weighted by atomic mass is 10.0. The van der Waals surface area contributed by atoms with E-state index in [1.165, 1.54) is 5.56 Å². The number of hydrogen-bond donors (Lipinski definition) is 1. The normalized spacial score (nSPS) is 11.7. The lowest BCUT2D eigenvalue weighted by Crippen LogP contribution is -2.51. The monoisotopic (exact) mass is 522 g/mol. The Kier molecular flexibility index (Phi) is 9.28. The van der Waals surface area contributed by atoms with E-state index < -0.39 is 6.04 Å². The van der Waals surface area contributed by atoms with Crippen LogP contribution in [0.25, 0.3) is 0 Å². The molecule has 0 saturated carbocycles. The molecule has 0 heterocycles. The molecular weight excluding hydrogens is 492 g/mol. The first-order valence-corrected chi connectivity index (χ1v) is 12.2. The van der Waals surface area contributed by atoms with E-state index >= 15 is 0 Å². The zero-order chi connectivity index (χ0) is 24.5. The summed E-state index contributed by atoms with van der Waals surface area (Å²) in [7, 11) is 1.59. The minimum Gasteiger partial charge on any atom is -0.483 e. The fraction of sp³-hybridized carbons (Fsp3) is 0.286. The summed E-state index contributed by atoms with van der Waals surface area (Å²) in [5.41, 5.74) is 3.11. The predicted molar refractivity (Wildman–Crippen MR) is 139 cm³/mol. The van der Waals surface area contributed by atoms with Crippen LogP contribution in [-0.4, -0.2) is 36.4 Å². The first-order chi connectivity index (χ1) is 16.4. The number of amides is 2. The van der Waals surface area contributed by atoms with Gasteiger partial charge in [-0.3, -0.25) is 9.59 Å². The Balaban J connectivity index is 1.84. The van der Waals surface area contributed by atoms with Crippen molar-refractivity contribution in [1.82, 2.24) is 10.2 Å². The molecule has 6 heteroatoms. The Hall–Kier alpha value is -3.12. The van der Waals surface area contributed by atoms with Crippen LogP contribution in [0, 0.1) is 0 Å². The van der Waals surface area contributed by atoms with Crippen LogP contribution in [-0.2, 0) is 22.6 Å². The van der Waals surface area contributed by atoms with Crippen molar-refractivity contribution in [1.29, 1.82) is 0 Å². The van der Waals surface area contributed by atoms with Crippen LogP contribution in [0.3, 0.4) is 0 Å². The molecule has 0 fully saturated rings. The molecule has 3 rings (SSSR count). The Bertz CT molecular complexity index is 1090. The maximum atomic E-state index is 13.5. The number of halogens is 1. The number of carbonyl (C=O) groups is 2. The standard InChI is InChI=1S/C28H31BrN2O3/c1-20(2)23-14-15-26(24(29)17-23)34-19-27(32)31(18-22-12-8-5-9-13-22)25(28(33)30-3)16-21-10-6-4-7-11-21/h4-15,17,20,25H,16,18-19H2,1-3H3,(H,30,33). The molecule has 34 heavy (non-hydrogen) atoms. The average molecular weight is 523 g/mol. The van der Waals surface area contributed by atoms with E-state index in [0.717, 1.165) is 15.6 Å². The number of nitrogens with zero attached hydrogens (tertiary/aromatic N) is 1. The first kappa shape index (κ1) is 25.5. The molecule has 1 unspecified atom stereocenters. The summed E-state index contributed by atoms with van der Waals surface area (Å²) in [4.78, 5) is 28.0.